The molecule has 1 atom stereocenters. The van der Waals surface area contributed by atoms with Gasteiger partial charge in [-0.2, -0.15) is 0 Å². The van der Waals surface area contributed by atoms with Crippen LogP contribution >= 0.6 is 34.8 Å². The summed E-state index contributed by atoms with van der Waals surface area (Å²) in [6, 6.07) is 20.1. The predicted octanol–water partition coefficient (Wildman–Crippen LogP) is 6.11. The minimum absolute atomic E-state index is 0.00796. The zero-order valence-electron chi connectivity index (χ0n) is 22.6. The van der Waals surface area contributed by atoms with Crippen LogP contribution in [-0.2, 0) is 32.6 Å². The lowest BCUT2D eigenvalue weighted by atomic mass is 10.0. The molecule has 7 nitrogen and oxygen atoms in total. The Labute approximate surface area is 256 Å². The molecule has 4 rings (SSSR count). The van der Waals surface area contributed by atoms with E-state index in [1.54, 1.807) is 24.3 Å². The summed E-state index contributed by atoms with van der Waals surface area (Å²) in [4.78, 5) is 29.4. The molecule has 0 aromatic heterocycles. The number of halogens is 3. The van der Waals surface area contributed by atoms with Crippen LogP contribution in [0.5, 0.6) is 0 Å². The first-order valence-electron chi connectivity index (χ1n) is 13.3. The number of benzene rings is 3. The summed E-state index contributed by atoms with van der Waals surface area (Å²) in [6.07, 6.45) is 5.05. The number of rotatable bonds is 11. The fourth-order valence-corrected chi connectivity index (χ4v) is 6.55. The second-order valence-electron chi connectivity index (χ2n) is 10.2. The number of sulfonamides is 1. The summed E-state index contributed by atoms with van der Waals surface area (Å²) in [5.41, 5.74) is 1.64. The molecule has 0 unspecified atom stereocenters. The van der Waals surface area contributed by atoms with Gasteiger partial charge in [-0.15, -0.1) is 0 Å². The van der Waals surface area contributed by atoms with Crippen molar-refractivity contribution in [3.05, 3.63) is 99.0 Å². The summed E-state index contributed by atoms with van der Waals surface area (Å²) in [5.74, 6) is -0.864. The number of carbonyl (C=O) groups excluding carboxylic acids is 2. The lowest BCUT2D eigenvalue weighted by Crippen LogP contribution is -2.54. The Morgan fingerprint density at radius 2 is 1.59 bits per heavy atom. The third-order valence-corrected chi connectivity index (χ3v) is 9.26. The number of hydrogen-bond acceptors (Lipinski definition) is 4. The first-order chi connectivity index (χ1) is 19.5. The third-order valence-electron chi connectivity index (χ3n) is 7.09. The van der Waals surface area contributed by atoms with Crippen LogP contribution in [0.3, 0.4) is 0 Å². The third kappa shape index (κ3) is 8.38. The van der Waals surface area contributed by atoms with Gasteiger partial charge in [-0.3, -0.25) is 13.9 Å². The van der Waals surface area contributed by atoms with E-state index in [0.29, 0.717) is 10.6 Å². The van der Waals surface area contributed by atoms with Crippen LogP contribution in [0.15, 0.2) is 72.8 Å². The van der Waals surface area contributed by atoms with Gasteiger partial charge in [0.05, 0.1) is 22.0 Å². The average Bonchev–Trinajstić information content (AvgIpc) is 3.44. The molecule has 0 bridgehead atoms. The summed E-state index contributed by atoms with van der Waals surface area (Å²) in [5, 5.41) is 3.77. The zero-order valence-corrected chi connectivity index (χ0v) is 25.7. The van der Waals surface area contributed by atoms with E-state index in [1.807, 2.05) is 36.4 Å². The lowest BCUT2D eigenvalue weighted by molar-refractivity contribution is -0.140. The van der Waals surface area contributed by atoms with E-state index in [4.69, 9.17) is 34.8 Å². The molecule has 1 aliphatic rings. The van der Waals surface area contributed by atoms with Crippen LogP contribution in [0.2, 0.25) is 15.1 Å². The van der Waals surface area contributed by atoms with Gasteiger partial charge < -0.3 is 10.2 Å². The van der Waals surface area contributed by atoms with E-state index in [2.05, 4.69) is 5.32 Å². The molecule has 1 saturated carbocycles. The predicted molar refractivity (Wildman–Crippen MR) is 165 cm³/mol. The molecular formula is C30H32Cl3N3O4S. The van der Waals surface area contributed by atoms with Crippen LogP contribution in [0, 0.1) is 0 Å². The minimum Gasteiger partial charge on any atom is -0.352 e. The normalized spacial score (nSPS) is 14.4. The van der Waals surface area contributed by atoms with Gasteiger partial charge in [-0.25, -0.2) is 8.42 Å². The fraction of sp³-hybridized carbons (Fsp3) is 0.333. The molecule has 1 aliphatic carbocycles. The number of anilines is 1. The Balaban J connectivity index is 1.74. The van der Waals surface area contributed by atoms with Gasteiger partial charge in [-0.1, -0.05) is 96.2 Å². The van der Waals surface area contributed by atoms with E-state index in [0.717, 1.165) is 41.8 Å². The Bertz CT molecular complexity index is 1480. The molecule has 0 radical (unpaired) electrons. The molecule has 0 spiro atoms. The van der Waals surface area contributed by atoms with Crippen LogP contribution in [0.4, 0.5) is 5.69 Å². The Morgan fingerprint density at radius 3 is 2.24 bits per heavy atom. The number of nitrogens with zero attached hydrogens (tertiary/aromatic N) is 2. The standard InChI is InChI=1S/C30H32Cl3N3O4S/c1-41(39,40)36(26-16-8-15-25(32)29(26)33)20-28(37)35(19-22-11-7-12-23(31)17-22)27(18-21-9-3-2-4-10-21)30(38)34-24-13-5-6-14-24/h2-4,7-12,15-17,24,27H,5-6,13-14,18-20H2,1H3,(H,34,38)/t27-/m0/s1. The molecule has 3 aromatic rings. The van der Waals surface area contributed by atoms with Gasteiger partial charge in [0, 0.05) is 24.0 Å². The van der Waals surface area contributed by atoms with Crippen molar-refractivity contribution in [1.29, 1.82) is 0 Å². The van der Waals surface area contributed by atoms with Crippen molar-refractivity contribution in [2.75, 3.05) is 17.1 Å². The van der Waals surface area contributed by atoms with Crippen molar-refractivity contribution in [2.24, 2.45) is 0 Å². The number of carbonyl (C=O) groups is 2. The monoisotopic (exact) mass is 635 g/mol. The second kappa shape index (κ2) is 13.9. The van der Waals surface area contributed by atoms with Gasteiger partial charge in [0.1, 0.15) is 12.6 Å². The fourth-order valence-electron chi connectivity index (χ4n) is 5.03. The SMILES string of the molecule is CS(=O)(=O)N(CC(=O)N(Cc1cccc(Cl)c1)[C@@H](Cc1ccccc1)C(=O)NC1CCCC1)c1cccc(Cl)c1Cl. The zero-order chi connectivity index (χ0) is 29.6. The molecular weight excluding hydrogens is 605 g/mol. The number of hydrogen-bond donors (Lipinski definition) is 1. The van der Waals surface area contributed by atoms with Crippen molar-refractivity contribution in [2.45, 2.75) is 50.7 Å². The lowest BCUT2D eigenvalue weighted by Gasteiger charge is -2.34. The first kappa shape index (κ1) is 31.2. The van der Waals surface area contributed by atoms with Crippen molar-refractivity contribution in [3.63, 3.8) is 0 Å². The van der Waals surface area contributed by atoms with Crippen molar-refractivity contribution >= 4 is 62.3 Å². The Hall–Kier alpha value is -2.78. The molecule has 11 heteroatoms. The second-order valence-corrected chi connectivity index (χ2v) is 13.3. The maximum atomic E-state index is 14.2. The molecule has 1 fully saturated rings. The average molecular weight is 637 g/mol. The highest BCUT2D eigenvalue weighted by Gasteiger charge is 2.34. The Kier molecular flexibility index (Phi) is 10.6. The molecule has 0 aliphatic heterocycles. The van der Waals surface area contributed by atoms with E-state index in [-0.39, 0.29) is 40.6 Å². The highest BCUT2D eigenvalue weighted by molar-refractivity contribution is 7.92. The topological polar surface area (TPSA) is 86.8 Å². The van der Waals surface area contributed by atoms with E-state index in [9.17, 15) is 18.0 Å². The van der Waals surface area contributed by atoms with Crippen molar-refractivity contribution in [1.82, 2.24) is 10.2 Å². The maximum absolute atomic E-state index is 14.2. The largest absolute Gasteiger partial charge is 0.352 e. The van der Waals surface area contributed by atoms with E-state index in [1.165, 1.54) is 17.0 Å². The molecule has 0 heterocycles. The van der Waals surface area contributed by atoms with E-state index < -0.39 is 28.5 Å². The van der Waals surface area contributed by atoms with Crippen LogP contribution in [0.1, 0.15) is 36.8 Å². The molecule has 218 valence electrons. The van der Waals surface area contributed by atoms with Gasteiger partial charge in [0.25, 0.3) is 0 Å². The molecule has 41 heavy (non-hydrogen) atoms. The van der Waals surface area contributed by atoms with Crippen molar-refractivity contribution in [3.8, 4) is 0 Å². The van der Waals surface area contributed by atoms with E-state index >= 15 is 0 Å². The summed E-state index contributed by atoms with van der Waals surface area (Å²) < 4.78 is 26.8. The van der Waals surface area contributed by atoms with Crippen molar-refractivity contribution < 1.29 is 18.0 Å². The summed E-state index contributed by atoms with van der Waals surface area (Å²) in [6.45, 7) is -0.544. The molecule has 3 aromatic carbocycles. The highest BCUT2D eigenvalue weighted by Crippen LogP contribution is 2.34. The number of amides is 2. The quantitative estimate of drug-likeness (QED) is 0.275. The van der Waals surface area contributed by atoms with Crippen LogP contribution in [0.25, 0.3) is 0 Å². The minimum atomic E-state index is -3.97. The smallest absolute Gasteiger partial charge is 0.244 e. The molecule has 0 saturated heterocycles. The highest BCUT2D eigenvalue weighted by atomic mass is 35.5. The maximum Gasteiger partial charge on any atom is 0.244 e. The van der Waals surface area contributed by atoms with Gasteiger partial charge in [0.2, 0.25) is 21.8 Å². The Morgan fingerprint density at radius 1 is 0.927 bits per heavy atom. The number of nitrogens with one attached hydrogen (secondary N) is 1. The summed E-state index contributed by atoms with van der Waals surface area (Å²) in [7, 11) is -3.97. The first-order valence-corrected chi connectivity index (χ1v) is 16.3. The molecule has 2 amide bonds. The van der Waals surface area contributed by atoms with Gasteiger partial charge >= 0.3 is 0 Å². The van der Waals surface area contributed by atoms with Crippen LogP contribution < -0.4 is 9.62 Å². The van der Waals surface area contributed by atoms with Crippen LogP contribution in [-0.4, -0.2) is 50.0 Å². The summed E-state index contributed by atoms with van der Waals surface area (Å²) >= 11 is 18.8. The van der Waals surface area contributed by atoms with Gasteiger partial charge in [-0.05, 0) is 48.2 Å². The van der Waals surface area contributed by atoms with Gasteiger partial charge in [0.15, 0.2) is 0 Å². The molecule has 1 N–H and O–H groups in total.